The number of aromatic nitrogens is 1. The van der Waals surface area contributed by atoms with E-state index in [4.69, 9.17) is 0 Å². The van der Waals surface area contributed by atoms with Crippen molar-refractivity contribution in [3.05, 3.63) is 35.5 Å². The first kappa shape index (κ1) is 17.0. The van der Waals surface area contributed by atoms with Gasteiger partial charge in [0.25, 0.3) is 0 Å². The van der Waals surface area contributed by atoms with E-state index in [1.54, 1.807) is 12.1 Å². The molecule has 1 aromatic carbocycles. The Hall–Kier alpha value is -1.83. The van der Waals surface area contributed by atoms with E-state index in [9.17, 15) is 14.3 Å². The van der Waals surface area contributed by atoms with Crippen LogP contribution in [-0.4, -0.2) is 47.1 Å². The van der Waals surface area contributed by atoms with E-state index in [2.05, 4.69) is 10.3 Å². The number of nitrogens with zero attached hydrogens (tertiary/aromatic N) is 2. The first-order chi connectivity index (χ1) is 11.5. The van der Waals surface area contributed by atoms with Crippen molar-refractivity contribution in [1.82, 2.24) is 9.88 Å². The number of aliphatic hydroxyl groups excluding tert-OH is 1. The minimum Gasteiger partial charge on any atom is -0.392 e. The third kappa shape index (κ3) is 4.59. The van der Waals surface area contributed by atoms with Gasteiger partial charge in [0, 0.05) is 17.5 Å². The van der Waals surface area contributed by atoms with Gasteiger partial charge in [-0.3, -0.25) is 9.69 Å². The van der Waals surface area contributed by atoms with E-state index in [1.165, 1.54) is 23.5 Å². The summed E-state index contributed by atoms with van der Waals surface area (Å²) in [5.41, 5.74) is 1.51. The maximum absolute atomic E-state index is 12.9. The van der Waals surface area contributed by atoms with Gasteiger partial charge in [0.2, 0.25) is 5.91 Å². The maximum atomic E-state index is 12.9. The lowest BCUT2D eigenvalue weighted by molar-refractivity contribution is -0.117. The third-order valence-electron chi connectivity index (χ3n) is 3.97. The van der Waals surface area contributed by atoms with Gasteiger partial charge >= 0.3 is 0 Å². The highest BCUT2D eigenvalue weighted by Gasteiger charge is 2.30. The molecule has 0 radical (unpaired) electrons. The van der Waals surface area contributed by atoms with Gasteiger partial charge in [-0.25, -0.2) is 9.37 Å². The average molecular weight is 349 g/mol. The fourth-order valence-corrected chi connectivity index (χ4v) is 3.24. The molecule has 5 nitrogen and oxygen atoms in total. The number of carbonyl (C=O) groups excluding carboxylic acids is 1. The normalized spacial score (nSPS) is 15.5. The largest absolute Gasteiger partial charge is 0.392 e. The zero-order valence-electron chi connectivity index (χ0n) is 13.4. The first-order valence-electron chi connectivity index (χ1n) is 7.89. The fourth-order valence-electron chi connectivity index (χ4n) is 2.50. The molecule has 1 fully saturated rings. The van der Waals surface area contributed by atoms with Gasteiger partial charge in [-0.1, -0.05) is 0 Å². The van der Waals surface area contributed by atoms with Crippen molar-refractivity contribution >= 4 is 22.4 Å². The fraction of sp³-hybridized carbons (Fsp3) is 0.412. The van der Waals surface area contributed by atoms with Gasteiger partial charge in [-0.05, 0) is 50.1 Å². The van der Waals surface area contributed by atoms with Crippen molar-refractivity contribution in [2.24, 2.45) is 5.92 Å². The highest BCUT2D eigenvalue weighted by atomic mass is 32.1. The molecule has 0 saturated heterocycles. The number of hydrogen-bond donors (Lipinski definition) is 2. The molecule has 2 N–H and O–H groups in total. The van der Waals surface area contributed by atoms with Crippen molar-refractivity contribution in [3.8, 4) is 11.3 Å². The molecule has 24 heavy (non-hydrogen) atoms. The zero-order valence-corrected chi connectivity index (χ0v) is 14.2. The van der Waals surface area contributed by atoms with Crippen LogP contribution in [0, 0.1) is 11.7 Å². The van der Waals surface area contributed by atoms with Crippen LogP contribution in [0.4, 0.5) is 9.52 Å². The second-order valence-corrected chi connectivity index (χ2v) is 7.05. The van der Waals surface area contributed by atoms with Gasteiger partial charge < -0.3 is 10.4 Å². The number of thiazole rings is 1. The molecule has 0 bridgehead atoms. The highest BCUT2D eigenvalue weighted by molar-refractivity contribution is 7.14. The number of likely N-dealkylation sites (N-methyl/N-ethyl adjacent to an activating group) is 1. The summed E-state index contributed by atoms with van der Waals surface area (Å²) in [6.45, 7) is 0.700. The smallest absolute Gasteiger partial charge is 0.240 e. The number of carbonyl (C=O) groups is 1. The summed E-state index contributed by atoms with van der Waals surface area (Å²) in [4.78, 5) is 18.2. The number of rotatable bonds is 7. The lowest BCUT2D eigenvalue weighted by Crippen LogP contribution is -2.36. The summed E-state index contributed by atoms with van der Waals surface area (Å²) < 4.78 is 12.9. The van der Waals surface area contributed by atoms with Gasteiger partial charge in [-0.15, -0.1) is 11.3 Å². The van der Waals surface area contributed by atoms with Crippen molar-refractivity contribution in [2.75, 3.05) is 25.5 Å². The van der Waals surface area contributed by atoms with Crippen LogP contribution in [0.1, 0.15) is 12.8 Å². The Labute approximate surface area is 144 Å². The van der Waals surface area contributed by atoms with Crippen LogP contribution in [-0.2, 0) is 4.79 Å². The Balaban J connectivity index is 1.52. The number of benzene rings is 1. The lowest BCUT2D eigenvalue weighted by Gasteiger charge is -2.19. The Morgan fingerprint density at radius 1 is 1.46 bits per heavy atom. The van der Waals surface area contributed by atoms with E-state index in [1.807, 2.05) is 17.3 Å². The van der Waals surface area contributed by atoms with Gasteiger partial charge in [0.15, 0.2) is 5.13 Å². The van der Waals surface area contributed by atoms with Gasteiger partial charge in [-0.2, -0.15) is 0 Å². The molecule has 1 atom stereocenters. The van der Waals surface area contributed by atoms with E-state index in [-0.39, 0.29) is 24.4 Å². The molecular weight excluding hydrogens is 329 g/mol. The molecule has 1 aliphatic carbocycles. The Morgan fingerprint density at radius 3 is 2.83 bits per heavy atom. The number of nitrogens with one attached hydrogen (secondary N) is 1. The van der Waals surface area contributed by atoms with Gasteiger partial charge in [0.1, 0.15) is 5.82 Å². The van der Waals surface area contributed by atoms with E-state index in [0.29, 0.717) is 23.3 Å². The van der Waals surface area contributed by atoms with Crippen molar-refractivity contribution in [2.45, 2.75) is 18.9 Å². The number of hydrogen-bond acceptors (Lipinski definition) is 5. The molecule has 1 aliphatic rings. The Kier molecular flexibility index (Phi) is 5.23. The lowest BCUT2D eigenvalue weighted by atomic mass is 10.2. The molecule has 0 spiro atoms. The number of amides is 1. The molecule has 1 unspecified atom stereocenters. The average Bonchev–Trinajstić information content (AvgIpc) is 3.28. The standard InChI is InChI=1S/C17H20FN3O2S/c1-21(8-15(22)12-2-3-12)9-16(23)20-17-19-14(10-24-17)11-4-6-13(18)7-5-11/h4-7,10,12,15,22H,2-3,8-9H2,1H3,(H,19,20,23). The minimum atomic E-state index is -0.354. The van der Waals surface area contributed by atoms with E-state index in [0.717, 1.165) is 18.4 Å². The van der Waals surface area contributed by atoms with Crippen LogP contribution in [0.5, 0.6) is 0 Å². The van der Waals surface area contributed by atoms with Gasteiger partial charge in [0.05, 0.1) is 18.3 Å². The zero-order chi connectivity index (χ0) is 17.1. The predicted molar refractivity (Wildman–Crippen MR) is 92.4 cm³/mol. The topological polar surface area (TPSA) is 65.5 Å². The molecule has 1 heterocycles. The van der Waals surface area contributed by atoms with Crippen LogP contribution < -0.4 is 5.32 Å². The summed E-state index contributed by atoms with van der Waals surface area (Å²) in [5, 5.41) is 15.0. The number of halogens is 1. The SMILES string of the molecule is CN(CC(=O)Nc1nc(-c2ccc(F)cc2)cs1)CC(O)C1CC1. The predicted octanol–water partition coefficient (Wildman–Crippen LogP) is 2.59. The first-order valence-corrected chi connectivity index (χ1v) is 8.77. The molecule has 1 amide bonds. The summed E-state index contributed by atoms with van der Waals surface area (Å²) >= 11 is 1.33. The van der Waals surface area contributed by atoms with Crippen LogP contribution >= 0.6 is 11.3 Å². The maximum Gasteiger partial charge on any atom is 0.240 e. The minimum absolute atomic E-state index is 0.166. The third-order valence-corrected chi connectivity index (χ3v) is 4.73. The summed E-state index contributed by atoms with van der Waals surface area (Å²) in [7, 11) is 1.82. The van der Waals surface area contributed by atoms with Crippen molar-refractivity contribution in [1.29, 1.82) is 0 Å². The molecule has 2 aromatic rings. The van der Waals surface area contributed by atoms with E-state index >= 15 is 0 Å². The van der Waals surface area contributed by atoms with Crippen molar-refractivity contribution in [3.63, 3.8) is 0 Å². The summed E-state index contributed by atoms with van der Waals surface area (Å²) in [6, 6.07) is 6.08. The summed E-state index contributed by atoms with van der Waals surface area (Å²) in [5.74, 6) is -0.0628. The molecule has 3 rings (SSSR count). The van der Waals surface area contributed by atoms with Crippen LogP contribution in [0.15, 0.2) is 29.6 Å². The Bertz CT molecular complexity index is 700. The molecule has 1 saturated carbocycles. The molecule has 1 aromatic heterocycles. The number of anilines is 1. The Morgan fingerprint density at radius 2 is 2.17 bits per heavy atom. The quantitative estimate of drug-likeness (QED) is 0.806. The molecular formula is C17H20FN3O2S. The molecule has 128 valence electrons. The summed E-state index contributed by atoms with van der Waals surface area (Å²) in [6.07, 6.45) is 1.80. The monoisotopic (exact) mass is 349 g/mol. The molecule has 0 aliphatic heterocycles. The number of aliphatic hydroxyl groups is 1. The molecule has 7 heteroatoms. The second-order valence-electron chi connectivity index (χ2n) is 6.19. The van der Waals surface area contributed by atoms with E-state index < -0.39 is 0 Å². The highest BCUT2D eigenvalue weighted by Crippen LogP contribution is 2.32. The van der Waals surface area contributed by atoms with Crippen molar-refractivity contribution < 1.29 is 14.3 Å². The second kappa shape index (κ2) is 7.38. The van der Waals surface area contributed by atoms with Crippen LogP contribution in [0.25, 0.3) is 11.3 Å². The van der Waals surface area contributed by atoms with Crippen LogP contribution in [0.2, 0.25) is 0 Å². The van der Waals surface area contributed by atoms with Crippen LogP contribution in [0.3, 0.4) is 0 Å².